The average Bonchev–Trinajstić information content (AvgIpc) is 3.36. The Labute approximate surface area is 150 Å². The Kier molecular flexibility index (Phi) is 4.84. The van der Waals surface area contributed by atoms with E-state index in [-0.39, 0.29) is 5.91 Å². The Morgan fingerprint density at radius 1 is 0.880 bits per heavy atom. The van der Waals surface area contributed by atoms with Gasteiger partial charge in [0.2, 0.25) is 0 Å². The Hall–Kier alpha value is -2.13. The van der Waals surface area contributed by atoms with Crippen LogP contribution in [0.25, 0.3) is 0 Å². The van der Waals surface area contributed by atoms with E-state index in [9.17, 15) is 4.79 Å². The SMILES string of the molecule is O=C(c1ccc(CN(Cc2ccccc2)C2CC2)cc1)N1CCCC1. The second-order valence-electron chi connectivity index (χ2n) is 7.32. The van der Waals surface area contributed by atoms with Gasteiger partial charge in [0.1, 0.15) is 0 Å². The molecule has 130 valence electrons. The molecule has 0 atom stereocenters. The van der Waals surface area contributed by atoms with Gasteiger partial charge < -0.3 is 4.90 Å². The summed E-state index contributed by atoms with van der Waals surface area (Å²) in [7, 11) is 0. The van der Waals surface area contributed by atoms with Gasteiger partial charge >= 0.3 is 0 Å². The minimum atomic E-state index is 0.187. The molecule has 3 nitrogen and oxygen atoms in total. The normalized spacial score (nSPS) is 17.2. The lowest BCUT2D eigenvalue weighted by Crippen LogP contribution is -2.27. The van der Waals surface area contributed by atoms with Crippen LogP contribution >= 0.6 is 0 Å². The van der Waals surface area contributed by atoms with Gasteiger partial charge in [-0.25, -0.2) is 0 Å². The molecule has 2 aromatic carbocycles. The maximum absolute atomic E-state index is 12.5. The maximum atomic E-state index is 12.5. The Balaban J connectivity index is 1.41. The average molecular weight is 334 g/mol. The van der Waals surface area contributed by atoms with Crippen LogP contribution in [0.5, 0.6) is 0 Å². The predicted molar refractivity (Wildman–Crippen MR) is 100 cm³/mol. The molecule has 1 heterocycles. The molecule has 1 saturated heterocycles. The van der Waals surface area contributed by atoms with Crippen LogP contribution in [0.4, 0.5) is 0 Å². The predicted octanol–water partition coefficient (Wildman–Crippen LogP) is 4.09. The van der Waals surface area contributed by atoms with Crippen molar-refractivity contribution in [3.8, 4) is 0 Å². The second-order valence-corrected chi connectivity index (χ2v) is 7.32. The number of rotatable bonds is 6. The van der Waals surface area contributed by atoms with Gasteiger partial charge in [-0.1, -0.05) is 42.5 Å². The molecule has 2 fully saturated rings. The van der Waals surface area contributed by atoms with Crippen molar-refractivity contribution in [3.05, 3.63) is 71.3 Å². The maximum Gasteiger partial charge on any atom is 0.253 e. The number of amides is 1. The third-order valence-electron chi connectivity index (χ3n) is 5.27. The van der Waals surface area contributed by atoms with Crippen LogP contribution in [0.2, 0.25) is 0 Å². The molecular formula is C22H26N2O. The van der Waals surface area contributed by atoms with Crippen molar-refractivity contribution in [2.75, 3.05) is 13.1 Å². The van der Waals surface area contributed by atoms with Crippen molar-refractivity contribution in [1.29, 1.82) is 0 Å². The van der Waals surface area contributed by atoms with E-state index in [1.165, 1.54) is 24.0 Å². The number of carbonyl (C=O) groups excluding carboxylic acids is 1. The number of benzene rings is 2. The summed E-state index contributed by atoms with van der Waals surface area (Å²) in [5.74, 6) is 0.187. The molecule has 0 bridgehead atoms. The highest BCUT2D eigenvalue weighted by molar-refractivity contribution is 5.94. The highest BCUT2D eigenvalue weighted by Gasteiger charge is 2.29. The first kappa shape index (κ1) is 16.3. The summed E-state index contributed by atoms with van der Waals surface area (Å²) in [5, 5.41) is 0. The first-order valence-corrected chi connectivity index (χ1v) is 9.46. The van der Waals surface area contributed by atoms with Crippen molar-refractivity contribution in [1.82, 2.24) is 9.80 Å². The van der Waals surface area contributed by atoms with Crippen LogP contribution in [-0.4, -0.2) is 34.8 Å². The van der Waals surface area contributed by atoms with E-state index >= 15 is 0 Å². The number of hydrogen-bond donors (Lipinski definition) is 0. The van der Waals surface area contributed by atoms with Crippen LogP contribution in [0.3, 0.4) is 0 Å². The quantitative estimate of drug-likeness (QED) is 0.794. The second kappa shape index (κ2) is 7.40. The first-order valence-electron chi connectivity index (χ1n) is 9.46. The van der Waals surface area contributed by atoms with Gasteiger partial charge in [0, 0.05) is 37.8 Å². The molecule has 1 aliphatic heterocycles. The van der Waals surface area contributed by atoms with Crippen molar-refractivity contribution < 1.29 is 4.79 Å². The summed E-state index contributed by atoms with van der Waals surface area (Å²) >= 11 is 0. The summed E-state index contributed by atoms with van der Waals surface area (Å²) in [6.07, 6.45) is 4.88. The number of hydrogen-bond acceptors (Lipinski definition) is 2. The van der Waals surface area contributed by atoms with Crippen LogP contribution in [-0.2, 0) is 13.1 Å². The summed E-state index contributed by atoms with van der Waals surface area (Å²) in [6, 6.07) is 19.7. The summed E-state index contributed by atoms with van der Waals surface area (Å²) < 4.78 is 0. The largest absolute Gasteiger partial charge is 0.339 e. The third kappa shape index (κ3) is 4.10. The smallest absolute Gasteiger partial charge is 0.253 e. The summed E-state index contributed by atoms with van der Waals surface area (Å²) in [5.41, 5.74) is 3.49. The van der Waals surface area contributed by atoms with Crippen molar-refractivity contribution in [3.63, 3.8) is 0 Å². The van der Waals surface area contributed by atoms with E-state index in [4.69, 9.17) is 0 Å². The van der Waals surface area contributed by atoms with Gasteiger partial charge in [-0.15, -0.1) is 0 Å². The van der Waals surface area contributed by atoms with Gasteiger partial charge in [-0.3, -0.25) is 9.69 Å². The molecule has 1 aliphatic carbocycles. The summed E-state index contributed by atoms with van der Waals surface area (Å²) in [6.45, 7) is 3.78. The standard InChI is InChI=1S/C22H26N2O/c25-22(23-14-4-5-15-23)20-10-8-19(9-11-20)17-24(21-12-13-21)16-18-6-2-1-3-7-18/h1-3,6-11,21H,4-5,12-17H2. The topological polar surface area (TPSA) is 23.6 Å². The first-order chi connectivity index (χ1) is 12.3. The van der Waals surface area contributed by atoms with Gasteiger partial charge in [-0.05, 0) is 48.9 Å². The zero-order valence-electron chi connectivity index (χ0n) is 14.7. The van der Waals surface area contributed by atoms with Crippen molar-refractivity contribution in [2.24, 2.45) is 0 Å². The molecule has 0 spiro atoms. The van der Waals surface area contributed by atoms with Gasteiger partial charge in [0.15, 0.2) is 0 Å². The summed E-state index contributed by atoms with van der Waals surface area (Å²) in [4.78, 5) is 17.0. The van der Waals surface area contributed by atoms with E-state index in [1.54, 1.807) is 0 Å². The lowest BCUT2D eigenvalue weighted by molar-refractivity contribution is 0.0793. The molecule has 1 amide bonds. The van der Waals surface area contributed by atoms with Crippen molar-refractivity contribution in [2.45, 2.75) is 44.8 Å². The van der Waals surface area contributed by atoms with Gasteiger partial charge in [0.25, 0.3) is 5.91 Å². The molecule has 4 rings (SSSR count). The molecule has 0 unspecified atom stereocenters. The molecule has 1 saturated carbocycles. The fourth-order valence-corrected chi connectivity index (χ4v) is 3.66. The molecule has 2 aliphatic rings. The highest BCUT2D eigenvalue weighted by Crippen LogP contribution is 2.30. The Morgan fingerprint density at radius 3 is 2.08 bits per heavy atom. The van der Waals surface area contributed by atoms with Gasteiger partial charge in [-0.2, -0.15) is 0 Å². The van der Waals surface area contributed by atoms with Crippen LogP contribution in [0.15, 0.2) is 54.6 Å². The fraction of sp³-hybridized carbons (Fsp3) is 0.409. The van der Waals surface area contributed by atoms with Gasteiger partial charge in [0.05, 0.1) is 0 Å². The van der Waals surface area contributed by atoms with Crippen LogP contribution in [0.1, 0.15) is 47.2 Å². The lowest BCUT2D eigenvalue weighted by Gasteiger charge is -2.22. The highest BCUT2D eigenvalue weighted by atomic mass is 16.2. The molecule has 2 aromatic rings. The number of nitrogens with zero attached hydrogens (tertiary/aromatic N) is 2. The molecule has 0 N–H and O–H groups in total. The lowest BCUT2D eigenvalue weighted by atomic mass is 10.1. The van der Waals surface area contributed by atoms with Crippen LogP contribution in [0, 0.1) is 0 Å². The number of carbonyl (C=O) groups is 1. The molecule has 0 radical (unpaired) electrons. The molecule has 3 heteroatoms. The third-order valence-corrected chi connectivity index (χ3v) is 5.27. The van der Waals surface area contributed by atoms with E-state index in [2.05, 4.69) is 47.4 Å². The van der Waals surface area contributed by atoms with Crippen LogP contribution < -0.4 is 0 Å². The minimum Gasteiger partial charge on any atom is -0.339 e. The molecule has 0 aromatic heterocycles. The molecule has 25 heavy (non-hydrogen) atoms. The monoisotopic (exact) mass is 334 g/mol. The van der Waals surface area contributed by atoms with E-state index in [1.807, 2.05) is 17.0 Å². The zero-order valence-corrected chi connectivity index (χ0v) is 14.7. The van der Waals surface area contributed by atoms with Crippen molar-refractivity contribution >= 4 is 5.91 Å². The zero-order chi connectivity index (χ0) is 17.1. The Morgan fingerprint density at radius 2 is 1.48 bits per heavy atom. The van der Waals surface area contributed by atoms with E-state index < -0.39 is 0 Å². The Bertz CT molecular complexity index is 701. The molecular weight excluding hydrogens is 308 g/mol. The minimum absolute atomic E-state index is 0.187. The number of likely N-dealkylation sites (tertiary alicyclic amines) is 1. The fourth-order valence-electron chi connectivity index (χ4n) is 3.66. The van der Waals surface area contributed by atoms with E-state index in [0.29, 0.717) is 6.04 Å². The van der Waals surface area contributed by atoms with E-state index in [0.717, 1.165) is 44.6 Å².